The molecular formula is C17H26N4O. The monoisotopic (exact) mass is 302 g/mol. The molecule has 0 radical (unpaired) electrons. The lowest BCUT2D eigenvalue weighted by Gasteiger charge is -2.17. The van der Waals surface area contributed by atoms with Crippen molar-refractivity contribution in [2.75, 3.05) is 0 Å². The Morgan fingerprint density at radius 2 is 1.95 bits per heavy atom. The molecule has 0 spiro atoms. The van der Waals surface area contributed by atoms with Gasteiger partial charge in [-0.15, -0.1) is 0 Å². The van der Waals surface area contributed by atoms with E-state index in [1.165, 1.54) is 0 Å². The van der Waals surface area contributed by atoms with Crippen molar-refractivity contribution >= 4 is 11.6 Å². The van der Waals surface area contributed by atoms with Crippen LogP contribution in [-0.2, 0) is 11.2 Å². The van der Waals surface area contributed by atoms with E-state index in [0.29, 0.717) is 18.8 Å². The van der Waals surface area contributed by atoms with Crippen molar-refractivity contribution < 1.29 is 4.79 Å². The molecule has 1 N–H and O–H groups in total. The summed E-state index contributed by atoms with van der Waals surface area (Å²) >= 11 is 0. The first-order chi connectivity index (χ1) is 10.3. The minimum absolute atomic E-state index is 0.0942. The summed E-state index contributed by atoms with van der Waals surface area (Å²) in [5.41, 5.74) is 4.99. The van der Waals surface area contributed by atoms with Crippen LogP contribution in [0.25, 0.3) is 5.65 Å². The Kier molecular flexibility index (Phi) is 4.84. The maximum atomic E-state index is 12.1. The van der Waals surface area contributed by atoms with Crippen molar-refractivity contribution in [1.82, 2.24) is 19.9 Å². The van der Waals surface area contributed by atoms with E-state index < -0.39 is 0 Å². The molecule has 120 valence electrons. The molecule has 2 heterocycles. The first kappa shape index (κ1) is 16.5. The van der Waals surface area contributed by atoms with Crippen LogP contribution in [0.1, 0.15) is 49.8 Å². The van der Waals surface area contributed by atoms with E-state index in [-0.39, 0.29) is 11.9 Å². The Labute approximate surface area is 132 Å². The highest BCUT2D eigenvalue weighted by molar-refractivity contribution is 5.76. The lowest BCUT2D eigenvalue weighted by atomic mass is 10.0. The van der Waals surface area contributed by atoms with Crippen molar-refractivity contribution in [3.8, 4) is 0 Å². The number of hydrogen-bond donors (Lipinski definition) is 1. The number of nitrogens with zero attached hydrogens (tertiary/aromatic N) is 3. The molecule has 2 aromatic heterocycles. The minimum Gasteiger partial charge on any atom is -0.353 e. The molecule has 0 bridgehead atoms. The Bertz CT molecular complexity index is 688. The Morgan fingerprint density at radius 3 is 2.59 bits per heavy atom. The largest absolute Gasteiger partial charge is 0.353 e. The summed E-state index contributed by atoms with van der Waals surface area (Å²) in [6, 6.07) is 2.17. The normalized spacial score (nSPS) is 12.9. The zero-order chi connectivity index (χ0) is 16.4. The predicted octanol–water partition coefficient (Wildman–Crippen LogP) is 2.75. The average molecular weight is 302 g/mol. The first-order valence-corrected chi connectivity index (χ1v) is 7.91. The fourth-order valence-corrected chi connectivity index (χ4v) is 2.53. The maximum Gasteiger partial charge on any atom is 0.220 e. The van der Waals surface area contributed by atoms with Crippen LogP contribution in [0.15, 0.2) is 6.07 Å². The van der Waals surface area contributed by atoms with Crippen LogP contribution in [-0.4, -0.2) is 26.5 Å². The van der Waals surface area contributed by atoms with Crippen molar-refractivity contribution in [2.24, 2.45) is 5.92 Å². The van der Waals surface area contributed by atoms with E-state index in [1.807, 2.05) is 38.3 Å². The number of hydrogen-bond acceptors (Lipinski definition) is 3. The molecule has 0 aliphatic heterocycles. The van der Waals surface area contributed by atoms with E-state index >= 15 is 0 Å². The van der Waals surface area contributed by atoms with Crippen molar-refractivity contribution in [1.29, 1.82) is 0 Å². The van der Waals surface area contributed by atoms with Crippen molar-refractivity contribution in [2.45, 2.75) is 60.4 Å². The summed E-state index contributed by atoms with van der Waals surface area (Å²) < 4.78 is 1.87. The van der Waals surface area contributed by atoms with Gasteiger partial charge in [0.25, 0.3) is 0 Å². The first-order valence-electron chi connectivity index (χ1n) is 7.91. The van der Waals surface area contributed by atoms with Gasteiger partial charge < -0.3 is 5.32 Å². The molecule has 2 aromatic rings. The summed E-state index contributed by atoms with van der Waals surface area (Å²) in [5.74, 6) is 0.536. The number of rotatable bonds is 5. The Hall–Kier alpha value is -1.91. The number of carbonyl (C=O) groups excluding carboxylic acids is 1. The molecule has 5 nitrogen and oxygen atoms in total. The summed E-state index contributed by atoms with van der Waals surface area (Å²) in [6.45, 7) is 12.3. The molecular weight excluding hydrogens is 276 g/mol. The summed E-state index contributed by atoms with van der Waals surface area (Å²) in [5, 5.41) is 7.51. The van der Waals surface area contributed by atoms with E-state index in [0.717, 1.165) is 28.3 Å². The topological polar surface area (TPSA) is 59.3 Å². The van der Waals surface area contributed by atoms with Crippen LogP contribution >= 0.6 is 0 Å². The Morgan fingerprint density at radius 1 is 1.27 bits per heavy atom. The second-order valence-electron chi connectivity index (χ2n) is 6.42. The number of aryl methyl sites for hydroxylation is 3. The number of nitrogens with one attached hydrogen (secondary N) is 1. The highest BCUT2D eigenvalue weighted by atomic mass is 16.1. The third kappa shape index (κ3) is 3.46. The van der Waals surface area contributed by atoms with Gasteiger partial charge in [-0.2, -0.15) is 5.10 Å². The number of aromatic nitrogens is 3. The van der Waals surface area contributed by atoms with Gasteiger partial charge in [0.15, 0.2) is 5.65 Å². The zero-order valence-electron chi connectivity index (χ0n) is 14.4. The minimum atomic E-state index is 0.0942. The predicted molar refractivity (Wildman–Crippen MR) is 88.0 cm³/mol. The molecule has 22 heavy (non-hydrogen) atoms. The maximum absolute atomic E-state index is 12.1. The van der Waals surface area contributed by atoms with E-state index in [1.54, 1.807) is 0 Å². The summed E-state index contributed by atoms with van der Waals surface area (Å²) in [7, 11) is 0. The third-order valence-electron chi connectivity index (χ3n) is 4.28. The molecule has 1 atom stereocenters. The lowest BCUT2D eigenvalue weighted by Crippen LogP contribution is -2.36. The van der Waals surface area contributed by atoms with Gasteiger partial charge in [0.05, 0.1) is 5.69 Å². The van der Waals surface area contributed by atoms with E-state index in [9.17, 15) is 4.79 Å². The third-order valence-corrected chi connectivity index (χ3v) is 4.28. The van der Waals surface area contributed by atoms with E-state index in [4.69, 9.17) is 0 Å². The SMILES string of the molecule is Cc1cc2nc(C)c(CCC(=O)NC(C)C(C)C)c(C)n2n1. The standard InChI is InChI=1S/C17H26N4O/c1-10(2)12(4)19-17(22)8-7-15-13(5)18-16-9-11(3)20-21(16)14(15)6/h9-10,12H,7-8H2,1-6H3,(H,19,22). The van der Waals surface area contributed by atoms with Gasteiger partial charge in [-0.1, -0.05) is 13.8 Å². The molecule has 0 aliphatic rings. The van der Waals surface area contributed by atoms with Crippen molar-refractivity contribution in [3.63, 3.8) is 0 Å². The smallest absolute Gasteiger partial charge is 0.220 e. The van der Waals surface area contributed by atoms with Gasteiger partial charge in [0.2, 0.25) is 5.91 Å². The number of amides is 1. The molecule has 0 aliphatic carbocycles. The zero-order valence-corrected chi connectivity index (χ0v) is 14.4. The molecule has 0 aromatic carbocycles. The van der Waals surface area contributed by atoms with Crippen LogP contribution in [0.5, 0.6) is 0 Å². The van der Waals surface area contributed by atoms with Gasteiger partial charge in [0.1, 0.15) is 0 Å². The van der Waals surface area contributed by atoms with Crippen LogP contribution in [0.4, 0.5) is 0 Å². The molecule has 2 rings (SSSR count). The van der Waals surface area contributed by atoms with Gasteiger partial charge in [-0.25, -0.2) is 9.50 Å². The summed E-state index contributed by atoms with van der Waals surface area (Å²) in [4.78, 5) is 16.7. The van der Waals surface area contributed by atoms with Gasteiger partial charge in [-0.05, 0) is 45.6 Å². The second kappa shape index (κ2) is 6.46. The van der Waals surface area contributed by atoms with Gasteiger partial charge >= 0.3 is 0 Å². The molecule has 0 saturated heterocycles. The number of carbonyl (C=O) groups is 1. The number of fused-ring (bicyclic) bond motifs is 1. The molecule has 5 heteroatoms. The lowest BCUT2D eigenvalue weighted by molar-refractivity contribution is -0.121. The molecule has 1 amide bonds. The van der Waals surface area contributed by atoms with Crippen LogP contribution in [0.3, 0.4) is 0 Å². The van der Waals surface area contributed by atoms with Gasteiger partial charge in [0, 0.05) is 29.9 Å². The fourth-order valence-electron chi connectivity index (χ4n) is 2.53. The fraction of sp³-hybridized carbons (Fsp3) is 0.588. The quantitative estimate of drug-likeness (QED) is 0.924. The van der Waals surface area contributed by atoms with Crippen LogP contribution in [0.2, 0.25) is 0 Å². The highest BCUT2D eigenvalue weighted by Crippen LogP contribution is 2.17. The second-order valence-corrected chi connectivity index (χ2v) is 6.42. The van der Waals surface area contributed by atoms with Gasteiger partial charge in [-0.3, -0.25) is 4.79 Å². The summed E-state index contributed by atoms with van der Waals surface area (Å²) in [6.07, 6.45) is 1.17. The highest BCUT2D eigenvalue weighted by Gasteiger charge is 2.14. The van der Waals surface area contributed by atoms with E-state index in [2.05, 4.69) is 29.2 Å². The van der Waals surface area contributed by atoms with Crippen molar-refractivity contribution in [3.05, 3.63) is 28.7 Å². The average Bonchev–Trinajstić information content (AvgIpc) is 2.78. The Balaban J connectivity index is 2.13. The van der Waals surface area contributed by atoms with Crippen LogP contribution < -0.4 is 5.32 Å². The molecule has 0 saturated carbocycles. The van der Waals surface area contributed by atoms with Crippen LogP contribution in [0, 0.1) is 26.7 Å². The molecule has 0 fully saturated rings. The molecule has 1 unspecified atom stereocenters.